The summed E-state index contributed by atoms with van der Waals surface area (Å²) in [5.41, 5.74) is 1.66. The van der Waals surface area contributed by atoms with Crippen LogP contribution in [-0.4, -0.2) is 38.8 Å². The summed E-state index contributed by atoms with van der Waals surface area (Å²) in [5, 5.41) is 3.83. The van der Waals surface area contributed by atoms with Crippen LogP contribution in [0.4, 0.5) is 5.69 Å². The molecule has 1 fully saturated rings. The van der Waals surface area contributed by atoms with Gasteiger partial charge < -0.3 is 19.7 Å². The van der Waals surface area contributed by atoms with Crippen LogP contribution in [0.5, 0.6) is 11.5 Å². The van der Waals surface area contributed by atoms with E-state index in [1.165, 1.54) is 0 Å². The first-order chi connectivity index (χ1) is 13.2. The van der Waals surface area contributed by atoms with Crippen LogP contribution in [0, 0.1) is 5.92 Å². The van der Waals surface area contributed by atoms with E-state index in [1.54, 1.807) is 12.1 Å². The monoisotopic (exact) mass is 386 g/mol. The largest absolute Gasteiger partial charge is 0.490 e. The van der Waals surface area contributed by atoms with Crippen molar-refractivity contribution in [2.75, 3.05) is 37.7 Å². The average molecular weight is 387 g/mol. The highest BCUT2D eigenvalue weighted by Crippen LogP contribution is 2.31. The summed E-state index contributed by atoms with van der Waals surface area (Å²) in [6, 6.07) is 13.3. The lowest BCUT2D eigenvalue weighted by atomic mass is 10.1. The number of halogens is 1. The zero-order valence-electron chi connectivity index (χ0n) is 15.1. The Labute approximate surface area is 164 Å². The van der Waals surface area contributed by atoms with Gasteiger partial charge in [0.1, 0.15) is 0 Å². The Bertz CT molecular complexity index is 827. The molecule has 0 aliphatic carbocycles. The van der Waals surface area contributed by atoms with Crippen molar-refractivity contribution in [3.63, 3.8) is 0 Å². The number of ether oxygens (including phenoxy) is 2. The quantitative estimate of drug-likeness (QED) is 0.869. The van der Waals surface area contributed by atoms with E-state index >= 15 is 0 Å². The minimum Gasteiger partial charge on any atom is -0.490 e. The molecule has 1 atom stereocenters. The highest BCUT2D eigenvalue weighted by molar-refractivity contribution is 6.33. The molecule has 6 heteroatoms. The molecule has 2 aliphatic heterocycles. The molecule has 0 bridgehead atoms. The summed E-state index contributed by atoms with van der Waals surface area (Å²) < 4.78 is 11.3. The predicted molar refractivity (Wildman–Crippen MR) is 106 cm³/mol. The summed E-state index contributed by atoms with van der Waals surface area (Å²) in [6.07, 6.45) is 1.88. The number of hydrogen-bond donors (Lipinski definition) is 1. The normalized spacial score (nSPS) is 18.9. The Morgan fingerprint density at radius 3 is 2.81 bits per heavy atom. The van der Waals surface area contributed by atoms with Crippen molar-refractivity contribution >= 4 is 23.2 Å². The lowest BCUT2D eigenvalue weighted by Crippen LogP contribution is -2.31. The van der Waals surface area contributed by atoms with Gasteiger partial charge in [0.25, 0.3) is 5.91 Å². The molecule has 1 unspecified atom stereocenters. The van der Waals surface area contributed by atoms with Gasteiger partial charge in [-0.15, -0.1) is 0 Å². The molecule has 0 spiro atoms. The number of fused-ring (bicyclic) bond motifs is 1. The zero-order valence-corrected chi connectivity index (χ0v) is 15.9. The van der Waals surface area contributed by atoms with Crippen LogP contribution in [0.25, 0.3) is 0 Å². The van der Waals surface area contributed by atoms with Crippen LogP contribution in [-0.2, 0) is 0 Å². The first-order valence-electron chi connectivity index (χ1n) is 9.38. The Balaban J connectivity index is 1.33. The molecule has 27 heavy (non-hydrogen) atoms. The molecule has 5 nitrogen and oxygen atoms in total. The van der Waals surface area contributed by atoms with Crippen molar-refractivity contribution in [1.29, 1.82) is 0 Å². The van der Waals surface area contributed by atoms with Crippen molar-refractivity contribution in [3.8, 4) is 11.5 Å². The molecular formula is C21H23ClN2O3. The van der Waals surface area contributed by atoms with Crippen LogP contribution >= 0.6 is 11.6 Å². The third kappa shape index (κ3) is 4.14. The summed E-state index contributed by atoms with van der Waals surface area (Å²) in [6.45, 7) is 3.74. The SMILES string of the molecule is O=C(NCC1CCN(c2ccccc2Cl)C1)c1ccc2c(c1)OCCCO2. The van der Waals surface area contributed by atoms with Crippen LogP contribution in [0.15, 0.2) is 42.5 Å². The van der Waals surface area contributed by atoms with Gasteiger partial charge in [0.2, 0.25) is 0 Å². The van der Waals surface area contributed by atoms with E-state index in [1.807, 2.05) is 30.3 Å². The van der Waals surface area contributed by atoms with E-state index in [9.17, 15) is 4.79 Å². The van der Waals surface area contributed by atoms with Gasteiger partial charge in [-0.1, -0.05) is 23.7 Å². The van der Waals surface area contributed by atoms with Gasteiger partial charge in [-0.25, -0.2) is 0 Å². The second kappa shape index (κ2) is 8.09. The van der Waals surface area contributed by atoms with Crippen molar-refractivity contribution in [3.05, 3.63) is 53.1 Å². The van der Waals surface area contributed by atoms with E-state index in [-0.39, 0.29) is 5.91 Å². The number of para-hydroxylation sites is 1. The highest BCUT2D eigenvalue weighted by atomic mass is 35.5. The fourth-order valence-corrected chi connectivity index (χ4v) is 3.83. The minimum atomic E-state index is -0.0816. The van der Waals surface area contributed by atoms with Crippen molar-refractivity contribution in [2.45, 2.75) is 12.8 Å². The van der Waals surface area contributed by atoms with Crippen molar-refractivity contribution in [2.24, 2.45) is 5.92 Å². The topological polar surface area (TPSA) is 50.8 Å². The van der Waals surface area contributed by atoms with E-state index in [0.717, 1.165) is 36.6 Å². The van der Waals surface area contributed by atoms with Gasteiger partial charge in [-0.3, -0.25) is 4.79 Å². The summed E-state index contributed by atoms with van der Waals surface area (Å²) in [5.74, 6) is 1.67. The van der Waals surface area contributed by atoms with E-state index in [2.05, 4.69) is 10.2 Å². The molecule has 1 saturated heterocycles. The van der Waals surface area contributed by atoms with Gasteiger partial charge in [-0.05, 0) is 42.7 Å². The molecule has 1 amide bonds. The predicted octanol–water partition coefficient (Wildman–Crippen LogP) is 3.76. The summed E-state index contributed by atoms with van der Waals surface area (Å²) in [4.78, 5) is 14.8. The number of hydrogen-bond acceptors (Lipinski definition) is 4. The number of benzene rings is 2. The molecule has 1 N–H and O–H groups in total. The first kappa shape index (κ1) is 18.0. The third-order valence-electron chi connectivity index (χ3n) is 5.04. The first-order valence-corrected chi connectivity index (χ1v) is 9.76. The van der Waals surface area contributed by atoms with E-state index in [0.29, 0.717) is 42.7 Å². The number of anilines is 1. The van der Waals surface area contributed by atoms with E-state index < -0.39 is 0 Å². The molecule has 2 aromatic carbocycles. The minimum absolute atomic E-state index is 0.0816. The second-order valence-electron chi connectivity index (χ2n) is 6.97. The Hall–Kier alpha value is -2.40. The number of nitrogens with zero attached hydrogens (tertiary/aromatic N) is 1. The highest BCUT2D eigenvalue weighted by Gasteiger charge is 2.24. The summed E-state index contributed by atoms with van der Waals surface area (Å²) >= 11 is 6.30. The number of carbonyl (C=O) groups excluding carboxylic acids is 1. The number of nitrogens with one attached hydrogen (secondary N) is 1. The fourth-order valence-electron chi connectivity index (χ4n) is 3.57. The lowest BCUT2D eigenvalue weighted by Gasteiger charge is -2.20. The molecular weight excluding hydrogens is 364 g/mol. The molecule has 2 heterocycles. The second-order valence-corrected chi connectivity index (χ2v) is 7.38. The molecule has 0 aromatic heterocycles. The van der Waals surface area contributed by atoms with Crippen LogP contribution in [0.3, 0.4) is 0 Å². The van der Waals surface area contributed by atoms with Crippen LogP contribution < -0.4 is 19.7 Å². The number of carbonyl (C=O) groups is 1. The van der Waals surface area contributed by atoms with Crippen LogP contribution in [0.2, 0.25) is 5.02 Å². The summed E-state index contributed by atoms with van der Waals surface area (Å²) in [7, 11) is 0. The maximum absolute atomic E-state index is 12.5. The average Bonchev–Trinajstić information content (AvgIpc) is 3.03. The van der Waals surface area contributed by atoms with Crippen molar-refractivity contribution < 1.29 is 14.3 Å². The molecule has 0 radical (unpaired) electrons. The van der Waals surface area contributed by atoms with Gasteiger partial charge in [0.15, 0.2) is 11.5 Å². The smallest absolute Gasteiger partial charge is 0.251 e. The molecule has 2 aliphatic rings. The molecule has 142 valence electrons. The van der Waals surface area contributed by atoms with Crippen LogP contribution in [0.1, 0.15) is 23.2 Å². The lowest BCUT2D eigenvalue weighted by molar-refractivity contribution is 0.0948. The fraction of sp³-hybridized carbons (Fsp3) is 0.381. The van der Waals surface area contributed by atoms with E-state index in [4.69, 9.17) is 21.1 Å². The Morgan fingerprint density at radius 1 is 1.15 bits per heavy atom. The maximum Gasteiger partial charge on any atom is 0.251 e. The number of rotatable bonds is 4. The molecule has 2 aromatic rings. The van der Waals surface area contributed by atoms with Gasteiger partial charge in [-0.2, -0.15) is 0 Å². The van der Waals surface area contributed by atoms with Gasteiger partial charge in [0, 0.05) is 31.6 Å². The Morgan fingerprint density at radius 2 is 1.96 bits per heavy atom. The van der Waals surface area contributed by atoms with Gasteiger partial charge in [0.05, 0.1) is 23.9 Å². The molecule has 4 rings (SSSR count). The zero-order chi connectivity index (χ0) is 18.6. The standard InChI is InChI=1S/C21H23ClN2O3/c22-17-4-1-2-5-18(17)24-9-8-15(14-24)13-23-21(25)16-6-7-19-20(12-16)27-11-3-10-26-19/h1-2,4-7,12,15H,3,8-11,13-14H2,(H,23,25). The van der Waals surface area contributed by atoms with Gasteiger partial charge >= 0.3 is 0 Å². The maximum atomic E-state index is 12.5. The molecule has 0 saturated carbocycles. The van der Waals surface area contributed by atoms with Crippen molar-refractivity contribution in [1.82, 2.24) is 5.32 Å². The Kier molecular flexibility index (Phi) is 5.39. The third-order valence-corrected chi connectivity index (χ3v) is 5.36. The number of amides is 1.